The van der Waals surface area contributed by atoms with Crippen LogP contribution in [0.3, 0.4) is 0 Å². The van der Waals surface area contributed by atoms with E-state index in [1.807, 2.05) is 24.3 Å². The van der Waals surface area contributed by atoms with E-state index in [0.29, 0.717) is 13.2 Å². The Morgan fingerprint density at radius 3 is 2.30 bits per heavy atom. The fourth-order valence-corrected chi connectivity index (χ4v) is 4.46. The molecule has 2 aromatic rings. The minimum absolute atomic E-state index is 0.0136. The maximum Gasteiger partial charge on any atom is 0.410 e. The Labute approximate surface area is 160 Å². The molecule has 0 spiro atoms. The van der Waals surface area contributed by atoms with Crippen molar-refractivity contribution in [2.24, 2.45) is 5.41 Å². The van der Waals surface area contributed by atoms with Crippen LogP contribution in [0.5, 0.6) is 0 Å². The molecule has 0 saturated carbocycles. The molecule has 1 heterocycles. The highest BCUT2D eigenvalue weighted by Crippen LogP contribution is 2.44. The van der Waals surface area contributed by atoms with Gasteiger partial charge in [-0.1, -0.05) is 62.4 Å². The molecule has 4 nitrogen and oxygen atoms in total. The second kappa shape index (κ2) is 7.01. The van der Waals surface area contributed by atoms with Crippen molar-refractivity contribution in [3.8, 4) is 11.1 Å². The molecule has 27 heavy (non-hydrogen) atoms. The maximum absolute atomic E-state index is 12.8. The first kappa shape index (κ1) is 18.1. The van der Waals surface area contributed by atoms with Gasteiger partial charge in [0, 0.05) is 12.5 Å². The number of rotatable bonds is 3. The molecular formula is C23H27NO3. The van der Waals surface area contributed by atoms with Crippen LogP contribution < -0.4 is 0 Å². The zero-order valence-electron chi connectivity index (χ0n) is 16.0. The van der Waals surface area contributed by atoms with Crippen molar-refractivity contribution in [2.75, 3.05) is 19.8 Å². The van der Waals surface area contributed by atoms with Gasteiger partial charge in [-0.15, -0.1) is 0 Å². The number of nitrogens with zero attached hydrogens (tertiary/aromatic N) is 1. The summed E-state index contributed by atoms with van der Waals surface area (Å²) in [7, 11) is 0. The van der Waals surface area contributed by atoms with Crippen LogP contribution in [-0.4, -0.2) is 41.9 Å². The van der Waals surface area contributed by atoms with Gasteiger partial charge in [-0.25, -0.2) is 4.79 Å². The van der Waals surface area contributed by atoms with Gasteiger partial charge in [-0.05, 0) is 40.5 Å². The molecule has 1 atom stereocenters. The summed E-state index contributed by atoms with van der Waals surface area (Å²) in [6, 6.07) is 16.5. The van der Waals surface area contributed by atoms with Crippen LogP contribution in [0.4, 0.5) is 4.79 Å². The molecule has 142 valence electrons. The first-order chi connectivity index (χ1) is 13.0. The lowest BCUT2D eigenvalue weighted by Crippen LogP contribution is -2.51. The first-order valence-electron chi connectivity index (χ1n) is 9.73. The number of ether oxygens (including phenoxy) is 1. The lowest BCUT2D eigenvalue weighted by Gasteiger charge is -2.42. The molecule has 1 N–H and O–H groups in total. The largest absolute Gasteiger partial charge is 0.448 e. The van der Waals surface area contributed by atoms with Crippen LogP contribution >= 0.6 is 0 Å². The lowest BCUT2D eigenvalue weighted by atomic mass is 9.81. The Morgan fingerprint density at radius 2 is 1.70 bits per heavy atom. The van der Waals surface area contributed by atoms with E-state index in [1.165, 1.54) is 22.3 Å². The molecule has 4 heteroatoms. The number of likely N-dealkylation sites (tertiary alicyclic amines) is 1. The highest BCUT2D eigenvalue weighted by molar-refractivity contribution is 5.79. The molecule has 1 unspecified atom stereocenters. The molecule has 1 fully saturated rings. The standard InChI is InChI=1S/C23H27NO3/c1-23(2)12-11-16(13-25)24(15-23)22(26)27-14-21-19-9-5-3-7-17(19)18-8-4-6-10-20(18)21/h3-10,16,21,25H,11-15H2,1-2H3. The number of piperidine rings is 1. The Kier molecular flexibility index (Phi) is 4.68. The third kappa shape index (κ3) is 3.34. The molecule has 1 aliphatic heterocycles. The van der Waals surface area contributed by atoms with E-state index in [0.717, 1.165) is 12.8 Å². The summed E-state index contributed by atoms with van der Waals surface area (Å²) >= 11 is 0. The number of carbonyl (C=O) groups is 1. The summed E-state index contributed by atoms with van der Waals surface area (Å²) in [5, 5.41) is 9.67. The Bertz CT molecular complexity index is 800. The second-order valence-electron chi connectivity index (χ2n) is 8.47. The fourth-order valence-electron chi connectivity index (χ4n) is 4.46. The number of hydrogen-bond donors (Lipinski definition) is 1. The molecule has 2 aliphatic rings. The summed E-state index contributed by atoms with van der Waals surface area (Å²) in [4.78, 5) is 14.5. The van der Waals surface area contributed by atoms with E-state index in [4.69, 9.17) is 4.74 Å². The van der Waals surface area contributed by atoms with E-state index < -0.39 is 0 Å². The predicted molar refractivity (Wildman–Crippen MR) is 106 cm³/mol. The van der Waals surface area contributed by atoms with Crippen LogP contribution in [0, 0.1) is 5.41 Å². The van der Waals surface area contributed by atoms with Gasteiger partial charge in [-0.2, -0.15) is 0 Å². The minimum atomic E-state index is -0.316. The molecule has 0 aromatic heterocycles. The SMILES string of the molecule is CC1(C)CCC(CO)N(C(=O)OCC2c3ccccc3-c3ccccc32)C1. The highest BCUT2D eigenvalue weighted by Gasteiger charge is 2.37. The zero-order chi connectivity index (χ0) is 19.0. The van der Waals surface area contributed by atoms with Gasteiger partial charge in [0.2, 0.25) is 0 Å². The van der Waals surface area contributed by atoms with Crippen molar-refractivity contribution in [1.82, 2.24) is 4.90 Å². The number of carbonyl (C=O) groups excluding carboxylic acids is 1. The third-order valence-electron chi connectivity index (χ3n) is 5.97. The summed E-state index contributed by atoms with van der Waals surface area (Å²) in [6.07, 6.45) is 1.50. The topological polar surface area (TPSA) is 49.8 Å². The molecule has 0 radical (unpaired) electrons. The maximum atomic E-state index is 12.8. The monoisotopic (exact) mass is 365 g/mol. The van der Waals surface area contributed by atoms with Crippen molar-refractivity contribution in [1.29, 1.82) is 0 Å². The average molecular weight is 365 g/mol. The number of amides is 1. The van der Waals surface area contributed by atoms with Crippen molar-refractivity contribution < 1.29 is 14.6 Å². The summed E-state index contributed by atoms with van der Waals surface area (Å²) < 4.78 is 5.78. The van der Waals surface area contributed by atoms with Crippen LogP contribution in [0.2, 0.25) is 0 Å². The summed E-state index contributed by atoms with van der Waals surface area (Å²) in [5.74, 6) is 0.0618. The fraction of sp³-hybridized carbons (Fsp3) is 0.435. The molecule has 1 saturated heterocycles. The number of fused-ring (bicyclic) bond motifs is 3. The normalized spacial score (nSPS) is 20.9. The molecule has 2 aromatic carbocycles. The van der Waals surface area contributed by atoms with E-state index >= 15 is 0 Å². The van der Waals surface area contributed by atoms with E-state index in [-0.39, 0.29) is 30.1 Å². The van der Waals surface area contributed by atoms with Crippen LogP contribution in [0.15, 0.2) is 48.5 Å². The summed E-state index contributed by atoms with van der Waals surface area (Å²) in [5.41, 5.74) is 4.92. The number of benzene rings is 2. The van der Waals surface area contributed by atoms with Crippen molar-refractivity contribution in [3.05, 3.63) is 59.7 Å². The van der Waals surface area contributed by atoms with Crippen molar-refractivity contribution >= 4 is 6.09 Å². The van der Waals surface area contributed by atoms with Gasteiger partial charge >= 0.3 is 6.09 Å². The van der Waals surface area contributed by atoms with Gasteiger partial charge in [-0.3, -0.25) is 0 Å². The Hall–Kier alpha value is -2.33. The van der Waals surface area contributed by atoms with Crippen molar-refractivity contribution in [2.45, 2.75) is 38.6 Å². The highest BCUT2D eigenvalue weighted by atomic mass is 16.6. The molecule has 1 aliphatic carbocycles. The van der Waals surface area contributed by atoms with Gasteiger partial charge in [0.15, 0.2) is 0 Å². The van der Waals surface area contributed by atoms with Gasteiger partial charge < -0.3 is 14.7 Å². The van der Waals surface area contributed by atoms with E-state index in [1.54, 1.807) is 4.90 Å². The average Bonchev–Trinajstić information content (AvgIpc) is 2.99. The van der Waals surface area contributed by atoms with E-state index in [9.17, 15) is 9.90 Å². The van der Waals surface area contributed by atoms with Crippen LogP contribution in [0.1, 0.15) is 43.7 Å². The number of hydrogen-bond acceptors (Lipinski definition) is 3. The smallest absolute Gasteiger partial charge is 0.410 e. The second-order valence-corrected chi connectivity index (χ2v) is 8.47. The number of aliphatic hydroxyl groups is 1. The van der Waals surface area contributed by atoms with Gasteiger partial charge in [0.05, 0.1) is 12.6 Å². The van der Waals surface area contributed by atoms with Gasteiger partial charge in [0.1, 0.15) is 6.61 Å². The number of aliphatic hydroxyl groups excluding tert-OH is 1. The first-order valence-corrected chi connectivity index (χ1v) is 9.73. The molecular weight excluding hydrogens is 338 g/mol. The van der Waals surface area contributed by atoms with E-state index in [2.05, 4.69) is 38.1 Å². The zero-order valence-corrected chi connectivity index (χ0v) is 16.0. The third-order valence-corrected chi connectivity index (χ3v) is 5.97. The Morgan fingerprint density at radius 1 is 1.11 bits per heavy atom. The van der Waals surface area contributed by atoms with Crippen LogP contribution in [0.25, 0.3) is 11.1 Å². The molecule has 4 rings (SSSR count). The minimum Gasteiger partial charge on any atom is -0.448 e. The molecule has 1 amide bonds. The Balaban J connectivity index is 1.52. The summed E-state index contributed by atoms with van der Waals surface area (Å²) in [6.45, 7) is 5.24. The van der Waals surface area contributed by atoms with Gasteiger partial charge in [0.25, 0.3) is 0 Å². The lowest BCUT2D eigenvalue weighted by molar-refractivity contribution is 0.0185. The van der Waals surface area contributed by atoms with Crippen molar-refractivity contribution in [3.63, 3.8) is 0 Å². The quantitative estimate of drug-likeness (QED) is 0.876. The predicted octanol–water partition coefficient (Wildman–Crippen LogP) is 4.42. The van der Waals surface area contributed by atoms with Crippen LogP contribution in [-0.2, 0) is 4.74 Å². The molecule has 0 bridgehead atoms.